The molecule has 0 bridgehead atoms. The van der Waals surface area contributed by atoms with Gasteiger partial charge in [-0.25, -0.2) is 9.97 Å². The Morgan fingerprint density at radius 1 is 1.27 bits per heavy atom. The number of anilines is 1. The van der Waals surface area contributed by atoms with Crippen molar-refractivity contribution in [2.45, 2.75) is 45.1 Å². The van der Waals surface area contributed by atoms with Crippen molar-refractivity contribution in [3.05, 3.63) is 35.7 Å². The standard InChI is InChI=1S/C17H22N4O/c1-2-12(9-11-22)19-16-13-6-5-8-14(13)20-17(21-16)15-7-3-4-10-18-15/h3-4,7,10,12,22H,2,5-6,8-9,11H2,1H3,(H,19,20,21). The number of aliphatic hydroxyl groups excluding tert-OH is 1. The first-order valence-corrected chi connectivity index (χ1v) is 8.00. The summed E-state index contributed by atoms with van der Waals surface area (Å²) in [5.74, 6) is 1.60. The van der Waals surface area contributed by atoms with Crippen molar-refractivity contribution < 1.29 is 5.11 Å². The van der Waals surface area contributed by atoms with Crippen LogP contribution in [0.25, 0.3) is 11.5 Å². The van der Waals surface area contributed by atoms with Crippen LogP contribution in [0.2, 0.25) is 0 Å². The van der Waals surface area contributed by atoms with Gasteiger partial charge in [0.05, 0.1) is 0 Å². The Labute approximate surface area is 130 Å². The van der Waals surface area contributed by atoms with Gasteiger partial charge in [-0.15, -0.1) is 0 Å². The highest BCUT2D eigenvalue weighted by Gasteiger charge is 2.21. The summed E-state index contributed by atoms with van der Waals surface area (Å²) in [6.45, 7) is 2.31. The van der Waals surface area contributed by atoms with Gasteiger partial charge in [-0.2, -0.15) is 0 Å². The summed E-state index contributed by atoms with van der Waals surface area (Å²) in [7, 11) is 0. The average Bonchev–Trinajstić information content (AvgIpc) is 3.04. The van der Waals surface area contributed by atoms with E-state index in [1.165, 1.54) is 5.56 Å². The molecule has 2 N–H and O–H groups in total. The number of hydrogen-bond acceptors (Lipinski definition) is 5. The zero-order chi connectivity index (χ0) is 15.4. The summed E-state index contributed by atoms with van der Waals surface area (Å²) in [6.07, 6.45) is 6.60. The number of nitrogens with zero attached hydrogens (tertiary/aromatic N) is 3. The van der Waals surface area contributed by atoms with Gasteiger partial charge >= 0.3 is 0 Å². The molecule has 1 unspecified atom stereocenters. The molecule has 1 atom stereocenters. The van der Waals surface area contributed by atoms with E-state index in [1.807, 2.05) is 18.2 Å². The Kier molecular flexibility index (Phi) is 4.63. The topological polar surface area (TPSA) is 70.9 Å². The monoisotopic (exact) mass is 298 g/mol. The lowest BCUT2D eigenvalue weighted by Gasteiger charge is -2.19. The van der Waals surface area contributed by atoms with Crippen LogP contribution in [0.4, 0.5) is 5.82 Å². The van der Waals surface area contributed by atoms with Gasteiger partial charge < -0.3 is 10.4 Å². The summed E-state index contributed by atoms with van der Waals surface area (Å²) in [5.41, 5.74) is 3.17. The number of aliphatic hydroxyl groups is 1. The van der Waals surface area contributed by atoms with E-state index in [2.05, 4.69) is 17.2 Å². The van der Waals surface area contributed by atoms with E-state index in [0.717, 1.165) is 49.3 Å². The predicted molar refractivity (Wildman–Crippen MR) is 86.7 cm³/mol. The van der Waals surface area contributed by atoms with Crippen LogP contribution >= 0.6 is 0 Å². The molecule has 0 saturated heterocycles. The van der Waals surface area contributed by atoms with Gasteiger partial charge in [0.25, 0.3) is 0 Å². The number of aromatic nitrogens is 3. The van der Waals surface area contributed by atoms with Gasteiger partial charge in [0.1, 0.15) is 11.5 Å². The Bertz CT molecular complexity index is 630. The van der Waals surface area contributed by atoms with Crippen molar-refractivity contribution in [2.75, 3.05) is 11.9 Å². The fraction of sp³-hybridized carbons (Fsp3) is 0.471. The molecule has 0 aromatic carbocycles. The summed E-state index contributed by atoms with van der Waals surface area (Å²) in [5, 5.41) is 12.7. The molecule has 0 spiro atoms. The lowest BCUT2D eigenvalue weighted by atomic mass is 10.1. The maximum Gasteiger partial charge on any atom is 0.180 e. The lowest BCUT2D eigenvalue weighted by molar-refractivity contribution is 0.278. The van der Waals surface area contributed by atoms with Crippen LogP contribution < -0.4 is 5.32 Å². The molecule has 1 aliphatic carbocycles. The Hall–Kier alpha value is -2.01. The molecule has 0 saturated carbocycles. The lowest BCUT2D eigenvalue weighted by Crippen LogP contribution is -2.22. The molecule has 116 valence electrons. The second-order valence-electron chi connectivity index (χ2n) is 5.65. The summed E-state index contributed by atoms with van der Waals surface area (Å²) in [4.78, 5) is 13.8. The van der Waals surface area contributed by atoms with Crippen molar-refractivity contribution >= 4 is 5.82 Å². The molecule has 2 aromatic heterocycles. The number of aryl methyl sites for hydroxylation is 1. The highest BCUT2D eigenvalue weighted by molar-refractivity contribution is 5.58. The molecule has 0 amide bonds. The second-order valence-corrected chi connectivity index (χ2v) is 5.65. The Morgan fingerprint density at radius 2 is 2.18 bits per heavy atom. The number of nitrogens with one attached hydrogen (secondary N) is 1. The fourth-order valence-electron chi connectivity index (χ4n) is 2.89. The highest BCUT2D eigenvalue weighted by Crippen LogP contribution is 2.29. The summed E-state index contributed by atoms with van der Waals surface area (Å²) in [6, 6.07) is 6.02. The number of rotatable bonds is 6. The third-order valence-corrected chi connectivity index (χ3v) is 4.14. The van der Waals surface area contributed by atoms with Crippen LogP contribution in [-0.2, 0) is 12.8 Å². The first-order valence-electron chi connectivity index (χ1n) is 8.00. The van der Waals surface area contributed by atoms with Gasteiger partial charge in [0.15, 0.2) is 5.82 Å². The van der Waals surface area contributed by atoms with Gasteiger partial charge in [-0.05, 0) is 44.2 Å². The van der Waals surface area contributed by atoms with Gasteiger partial charge in [-0.3, -0.25) is 4.98 Å². The van der Waals surface area contributed by atoms with Crippen LogP contribution in [-0.4, -0.2) is 32.7 Å². The molecule has 1 aliphatic rings. The molecule has 2 heterocycles. The van der Waals surface area contributed by atoms with Crippen molar-refractivity contribution in [1.29, 1.82) is 0 Å². The minimum Gasteiger partial charge on any atom is -0.396 e. The molecule has 2 aromatic rings. The third kappa shape index (κ3) is 3.09. The van der Waals surface area contributed by atoms with Crippen molar-refractivity contribution in [1.82, 2.24) is 15.0 Å². The zero-order valence-corrected chi connectivity index (χ0v) is 12.9. The van der Waals surface area contributed by atoms with Crippen LogP contribution in [0.1, 0.15) is 37.4 Å². The molecule has 22 heavy (non-hydrogen) atoms. The molecule has 5 nitrogen and oxygen atoms in total. The highest BCUT2D eigenvalue weighted by atomic mass is 16.3. The minimum absolute atomic E-state index is 0.186. The van der Waals surface area contributed by atoms with Crippen molar-refractivity contribution in [2.24, 2.45) is 0 Å². The molecular formula is C17H22N4O. The second kappa shape index (κ2) is 6.83. The van der Waals surface area contributed by atoms with E-state index < -0.39 is 0 Å². The van der Waals surface area contributed by atoms with Crippen LogP contribution in [0.3, 0.4) is 0 Å². The predicted octanol–water partition coefficient (Wildman–Crippen LogP) is 2.60. The SMILES string of the molecule is CCC(CCO)Nc1nc(-c2ccccn2)nc2c1CCC2. The molecule has 0 aliphatic heterocycles. The number of pyridine rings is 1. The summed E-state index contributed by atoms with van der Waals surface area (Å²) < 4.78 is 0. The maximum absolute atomic E-state index is 9.19. The molecule has 3 rings (SSSR count). The maximum atomic E-state index is 9.19. The third-order valence-electron chi connectivity index (χ3n) is 4.14. The van der Waals surface area contributed by atoms with Crippen molar-refractivity contribution in [3.63, 3.8) is 0 Å². The van der Waals surface area contributed by atoms with E-state index in [-0.39, 0.29) is 12.6 Å². The fourth-order valence-corrected chi connectivity index (χ4v) is 2.89. The van der Waals surface area contributed by atoms with E-state index in [9.17, 15) is 5.11 Å². The molecule has 5 heteroatoms. The normalized spacial score (nSPS) is 14.6. The van der Waals surface area contributed by atoms with E-state index in [1.54, 1.807) is 6.20 Å². The van der Waals surface area contributed by atoms with Crippen LogP contribution in [0, 0.1) is 0 Å². The quantitative estimate of drug-likeness (QED) is 0.857. The van der Waals surface area contributed by atoms with Gasteiger partial charge in [0, 0.05) is 30.1 Å². The first-order chi connectivity index (χ1) is 10.8. The van der Waals surface area contributed by atoms with E-state index >= 15 is 0 Å². The number of hydrogen-bond donors (Lipinski definition) is 2. The smallest absolute Gasteiger partial charge is 0.180 e. The van der Waals surface area contributed by atoms with E-state index in [0.29, 0.717) is 5.82 Å². The van der Waals surface area contributed by atoms with Crippen LogP contribution in [0.5, 0.6) is 0 Å². The van der Waals surface area contributed by atoms with Crippen molar-refractivity contribution in [3.8, 4) is 11.5 Å². The molecule has 0 fully saturated rings. The Balaban J connectivity index is 1.96. The van der Waals surface area contributed by atoms with E-state index in [4.69, 9.17) is 9.97 Å². The summed E-state index contributed by atoms with van der Waals surface area (Å²) >= 11 is 0. The Morgan fingerprint density at radius 3 is 2.91 bits per heavy atom. The molecule has 0 radical (unpaired) electrons. The van der Waals surface area contributed by atoms with Gasteiger partial charge in [-0.1, -0.05) is 13.0 Å². The zero-order valence-electron chi connectivity index (χ0n) is 12.9. The molecular weight excluding hydrogens is 276 g/mol. The minimum atomic E-state index is 0.186. The average molecular weight is 298 g/mol. The van der Waals surface area contributed by atoms with Crippen LogP contribution in [0.15, 0.2) is 24.4 Å². The first kappa shape index (κ1) is 14.9. The van der Waals surface area contributed by atoms with Gasteiger partial charge in [0.2, 0.25) is 0 Å². The number of fused-ring (bicyclic) bond motifs is 1. The largest absolute Gasteiger partial charge is 0.396 e.